The molecule has 1 fully saturated rings. The summed E-state index contributed by atoms with van der Waals surface area (Å²) in [6, 6.07) is 12.0. The molecule has 0 bridgehead atoms. The molecular weight excluding hydrogens is 424 g/mol. The van der Waals surface area contributed by atoms with Crippen LogP contribution in [0.25, 0.3) is 0 Å². The third-order valence-corrected chi connectivity index (χ3v) is 5.10. The highest BCUT2D eigenvalue weighted by Crippen LogP contribution is 2.37. The van der Waals surface area contributed by atoms with Crippen molar-refractivity contribution in [2.75, 3.05) is 26.8 Å². The molecule has 0 spiro atoms. The van der Waals surface area contributed by atoms with Gasteiger partial charge in [0.25, 0.3) is 5.91 Å². The van der Waals surface area contributed by atoms with Crippen LogP contribution < -0.4 is 14.8 Å². The van der Waals surface area contributed by atoms with Gasteiger partial charge in [-0.1, -0.05) is 37.3 Å². The van der Waals surface area contributed by atoms with Gasteiger partial charge in [0.05, 0.1) is 18.2 Å². The molecule has 28 heavy (non-hydrogen) atoms. The number of nitrogens with zero attached hydrogens (tertiary/aromatic N) is 1. The van der Waals surface area contributed by atoms with Crippen LogP contribution in [0.1, 0.15) is 35.3 Å². The highest BCUT2D eigenvalue weighted by Gasteiger charge is 2.35. The molecule has 148 valence electrons. The molecule has 3 rings (SSSR count). The van der Waals surface area contributed by atoms with E-state index in [9.17, 15) is 9.59 Å². The van der Waals surface area contributed by atoms with E-state index in [1.54, 1.807) is 17.0 Å². The average molecular weight is 447 g/mol. The SMILES string of the molecule is CCCOc1c(Br)cc(C(=O)N2CCNC(=O)C2c2ccccc2)cc1OC. The summed E-state index contributed by atoms with van der Waals surface area (Å²) in [4.78, 5) is 27.4. The van der Waals surface area contributed by atoms with Crippen molar-refractivity contribution in [2.24, 2.45) is 0 Å². The van der Waals surface area contributed by atoms with Gasteiger partial charge in [-0.2, -0.15) is 0 Å². The Balaban J connectivity index is 1.95. The van der Waals surface area contributed by atoms with E-state index in [-0.39, 0.29) is 11.8 Å². The van der Waals surface area contributed by atoms with E-state index in [2.05, 4.69) is 21.2 Å². The van der Waals surface area contributed by atoms with Crippen molar-refractivity contribution in [3.8, 4) is 11.5 Å². The minimum Gasteiger partial charge on any atom is -0.493 e. The zero-order chi connectivity index (χ0) is 20.1. The summed E-state index contributed by atoms with van der Waals surface area (Å²) in [6.45, 7) is 3.41. The lowest BCUT2D eigenvalue weighted by atomic mass is 10.0. The molecule has 2 aromatic rings. The first-order valence-electron chi connectivity index (χ1n) is 9.20. The van der Waals surface area contributed by atoms with Crippen LogP contribution in [0.4, 0.5) is 0 Å². The van der Waals surface area contributed by atoms with Crippen molar-refractivity contribution in [3.05, 3.63) is 58.1 Å². The monoisotopic (exact) mass is 446 g/mol. The molecule has 1 aliphatic heterocycles. The van der Waals surface area contributed by atoms with E-state index < -0.39 is 6.04 Å². The van der Waals surface area contributed by atoms with Crippen LogP contribution in [0.15, 0.2) is 46.9 Å². The van der Waals surface area contributed by atoms with Gasteiger partial charge in [0.2, 0.25) is 5.91 Å². The van der Waals surface area contributed by atoms with Crippen molar-refractivity contribution in [1.82, 2.24) is 10.2 Å². The maximum atomic E-state index is 13.3. The molecule has 0 aromatic heterocycles. The Morgan fingerprint density at radius 2 is 2.04 bits per heavy atom. The molecule has 1 saturated heterocycles. The largest absolute Gasteiger partial charge is 0.493 e. The predicted octanol–water partition coefficient (Wildman–Crippen LogP) is 3.56. The number of carbonyl (C=O) groups is 2. The fourth-order valence-corrected chi connectivity index (χ4v) is 3.76. The average Bonchev–Trinajstić information content (AvgIpc) is 2.72. The fourth-order valence-electron chi connectivity index (χ4n) is 3.21. The Labute approximate surface area is 172 Å². The van der Waals surface area contributed by atoms with Crippen LogP contribution in [0.2, 0.25) is 0 Å². The van der Waals surface area contributed by atoms with Gasteiger partial charge in [-0.15, -0.1) is 0 Å². The van der Waals surface area contributed by atoms with E-state index in [1.807, 2.05) is 37.3 Å². The molecule has 1 heterocycles. The number of piperazine rings is 1. The number of benzene rings is 2. The lowest BCUT2D eigenvalue weighted by Crippen LogP contribution is -2.52. The summed E-state index contributed by atoms with van der Waals surface area (Å²) >= 11 is 3.48. The minimum absolute atomic E-state index is 0.181. The van der Waals surface area contributed by atoms with Gasteiger partial charge < -0.3 is 19.7 Å². The molecule has 1 unspecified atom stereocenters. The molecule has 0 radical (unpaired) electrons. The standard InChI is InChI=1S/C21H23BrN2O4/c1-3-11-28-19-16(22)12-15(13-17(19)27-2)21(26)24-10-9-23-20(25)18(24)14-7-5-4-6-8-14/h4-8,12-13,18H,3,9-11H2,1-2H3,(H,23,25). The Hall–Kier alpha value is -2.54. The van der Waals surface area contributed by atoms with E-state index >= 15 is 0 Å². The number of carbonyl (C=O) groups excluding carboxylic acids is 2. The Kier molecular flexibility index (Phi) is 6.57. The van der Waals surface area contributed by atoms with Gasteiger partial charge in [0.15, 0.2) is 11.5 Å². The molecule has 1 N–H and O–H groups in total. The zero-order valence-corrected chi connectivity index (χ0v) is 17.5. The maximum absolute atomic E-state index is 13.3. The molecule has 1 aliphatic rings. The second-order valence-electron chi connectivity index (χ2n) is 6.44. The normalized spacial score (nSPS) is 16.5. The molecular formula is C21H23BrN2O4. The Morgan fingerprint density at radius 1 is 1.29 bits per heavy atom. The number of rotatable bonds is 6. The lowest BCUT2D eigenvalue weighted by Gasteiger charge is -2.35. The van der Waals surface area contributed by atoms with Crippen molar-refractivity contribution in [2.45, 2.75) is 19.4 Å². The smallest absolute Gasteiger partial charge is 0.255 e. The quantitative estimate of drug-likeness (QED) is 0.736. The number of amides is 2. The summed E-state index contributed by atoms with van der Waals surface area (Å²) < 4.78 is 11.8. The van der Waals surface area contributed by atoms with Crippen molar-refractivity contribution >= 4 is 27.7 Å². The van der Waals surface area contributed by atoms with Gasteiger partial charge in [-0.05, 0) is 40.0 Å². The molecule has 0 saturated carbocycles. The van der Waals surface area contributed by atoms with Gasteiger partial charge in [0, 0.05) is 18.7 Å². The van der Waals surface area contributed by atoms with Gasteiger partial charge in [-0.25, -0.2) is 0 Å². The zero-order valence-electron chi connectivity index (χ0n) is 15.9. The van der Waals surface area contributed by atoms with Crippen LogP contribution in [0, 0.1) is 0 Å². The first-order chi connectivity index (χ1) is 13.6. The van der Waals surface area contributed by atoms with E-state index in [4.69, 9.17) is 9.47 Å². The first kappa shape index (κ1) is 20.2. The van der Waals surface area contributed by atoms with Crippen molar-refractivity contribution in [1.29, 1.82) is 0 Å². The molecule has 2 amide bonds. The summed E-state index contributed by atoms with van der Waals surface area (Å²) in [5.74, 6) is 0.630. The highest BCUT2D eigenvalue weighted by molar-refractivity contribution is 9.10. The van der Waals surface area contributed by atoms with Crippen LogP contribution in [0.5, 0.6) is 11.5 Å². The fraction of sp³-hybridized carbons (Fsp3) is 0.333. The van der Waals surface area contributed by atoms with Gasteiger partial charge >= 0.3 is 0 Å². The number of hydrogen-bond donors (Lipinski definition) is 1. The Bertz CT molecular complexity index is 857. The van der Waals surface area contributed by atoms with E-state index in [0.717, 1.165) is 12.0 Å². The molecule has 0 aliphatic carbocycles. The van der Waals surface area contributed by atoms with E-state index in [1.165, 1.54) is 7.11 Å². The first-order valence-corrected chi connectivity index (χ1v) is 10.00. The summed E-state index contributed by atoms with van der Waals surface area (Å²) in [5, 5.41) is 2.85. The number of nitrogens with one attached hydrogen (secondary N) is 1. The van der Waals surface area contributed by atoms with Gasteiger partial charge in [-0.3, -0.25) is 9.59 Å². The molecule has 6 nitrogen and oxygen atoms in total. The maximum Gasteiger partial charge on any atom is 0.255 e. The number of halogens is 1. The van der Waals surface area contributed by atoms with Crippen LogP contribution >= 0.6 is 15.9 Å². The van der Waals surface area contributed by atoms with Gasteiger partial charge in [0.1, 0.15) is 6.04 Å². The molecule has 1 atom stereocenters. The third-order valence-electron chi connectivity index (χ3n) is 4.52. The topological polar surface area (TPSA) is 67.9 Å². The Morgan fingerprint density at radius 3 is 2.71 bits per heavy atom. The number of ether oxygens (including phenoxy) is 2. The number of methoxy groups -OCH3 is 1. The molecule has 7 heteroatoms. The second kappa shape index (κ2) is 9.10. The van der Waals surface area contributed by atoms with Crippen LogP contribution in [-0.2, 0) is 4.79 Å². The lowest BCUT2D eigenvalue weighted by molar-refractivity contribution is -0.128. The van der Waals surface area contributed by atoms with Crippen LogP contribution in [-0.4, -0.2) is 43.5 Å². The summed E-state index contributed by atoms with van der Waals surface area (Å²) in [6.07, 6.45) is 0.859. The minimum atomic E-state index is -0.664. The molecule has 2 aromatic carbocycles. The summed E-state index contributed by atoms with van der Waals surface area (Å²) in [7, 11) is 1.54. The van der Waals surface area contributed by atoms with E-state index in [0.29, 0.717) is 41.2 Å². The predicted molar refractivity (Wildman–Crippen MR) is 110 cm³/mol. The van der Waals surface area contributed by atoms with Crippen LogP contribution in [0.3, 0.4) is 0 Å². The van der Waals surface area contributed by atoms with Crippen molar-refractivity contribution in [3.63, 3.8) is 0 Å². The third kappa shape index (κ3) is 4.14. The van der Waals surface area contributed by atoms with Crippen molar-refractivity contribution < 1.29 is 19.1 Å². The summed E-state index contributed by atoms with van der Waals surface area (Å²) in [5.41, 5.74) is 1.21. The number of hydrogen-bond acceptors (Lipinski definition) is 4. The second-order valence-corrected chi connectivity index (χ2v) is 7.30. The highest BCUT2D eigenvalue weighted by atomic mass is 79.9.